The zero-order valence-corrected chi connectivity index (χ0v) is 19.3. The minimum absolute atomic E-state index is 0.142. The molecule has 5 rings (SSSR count). The largest absolute Gasteiger partial charge is 0.494 e. The van der Waals surface area contributed by atoms with Crippen molar-refractivity contribution in [2.45, 2.75) is 19.4 Å². The molecule has 0 saturated carbocycles. The lowest BCUT2D eigenvalue weighted by Gasteiger charge is -2.10. The maximum absolute atomic E-state index is 12.6. The first-order valence-electron chi connectivity index (χ1n) is 11.7. The zero-order valence-electron chi connectivity index (χ0n) is 19.3. The number of hydrogen-bond acceptors (Lipinski definition) is 4. The third-order valence-electron chi connectivity index (χ3n) is 5.80. The Hall–Kier alpha value is -4.45. The summed E-state index contributed by atoms with van der Waals surface area (Å²) in [6, 6.07) is 27.8. The van der Waals surface area contributed by atoms with Crippen LogP contribution in [0.15, 0.2) is 104 Å². The summed E-state index contributed by atoms with van der Waals surface area (Å²) in [5.41, 5.74) is 5.49. The third-order valence-corrected chi connectivity index (χ3v) is 5.80. The van der Waals surface area contributed by atoms with Gasteiger partial charge in [0.15, 0.2) is 0 Å². The Morgan fingerprint density at radius 1 is 0.914 bits per heavy atom. The fraction of sp³-hybridized carbons (Fsp3) is 0.138. The molecule has 0 radical (unpaired) electrons. The van der Waals surface area contributed by atoms with Crippen LogP contribution in [0.4, 0.5) is 0 Å². The summed E-state index contributed by atoms with van der Waals surface area (Å²) in [5, 5.41) is 2.93. The van der Waals surface area contributed by atoms with E-state index in [2.05, 4.69) is 39.6 Å². The predicted molar refractivity (Wildman–Crippen MR) is 137 cm³/mol. The van der Waals surface area contributed by atoms with Crippen LogP contribution in [-0.4, -0.2) is 27.0 Å². The molecule has 0 unspecified atom stereocenters. The van der Waals surface area contributed by atoms with E-state index in [9.17, 15) is 4.79 Å². The molecule has 3 aromatic carbocycles. The number of carbonyl (C=O) groups excluding carboxylic acids is 1. The van der Waals surface area contributed by atoms with Gasteiger partial charge in [0, 0.05) is 30.6 Å². The van der Waals surface area contributed by atoms with Gasteiger partial charge in [-0.25, -0.2) is 4.98 Å². The molecule has 0 aliphatic rings. The highest BCUT2D eigenvalue weighted by Crippen LogP contribution is 2.23. The van der Waals surface area contributed by atoms with Gasteiger partial charge in [-0.05, 0) is 60.4 Å². The highest BCUT2D eigenvalue weighted by atomic mass is 16.5. The topological polar surface area (TPSA) is 69.0 Å². The van der Waals surface area contributed by atoms with E-state index in [0.717, 1.165) is 40.9 Å². The Balaban J connectivity index is 1.24. The van der Waals surface area contributed by atoms with Crippen molar-refractivity contribution in [3.63, 3.8) is 0 Å². The first-order valence-corrected chi connectivity index (χ1v) is 11.7. The highest BCUT2D eigenvalue weighted by molar-refractivity contribution is 5.97. The fourth-order valence-corrected chi connectivity index (χ4v) is 3.98. The molecule has 0 saturated heterocycles. The second-order valence-electron chi connectivity index (χ2n) is 8.30. The lowest BCUT2D eigenvalue weighted by atomic mass is 10.1. The Kier molecular flexibility index (Phi) is 6.80. The summed E-state index contributed by atoms with van der Waals surface area (Å²) in [7, 11) is 0. The average Bonchev–Trinajstić information content (AvgIpc) is 3.34. The Labute approximate surface area is 204 Å². The van der Waals surface area contributed by atoms with Crippen LogP contribution in [0.5, 0.6) is 5.75 Å². The van der Waals surface area contributed by atoms with Crippen LogP contribution in [0, 0.1) is 0 Å². The number of nitrogens with one attached hydrogen (secondary N) is 1. The molecule has 0 aliphatic carbocycles. The van der Waals surface area contributed by atoms with Crippen molar-refractivity contribution < 1.29 is 9.53 Å². The minimum Gasteiger partial charge on any atom is -0.494 e. The molecular formula is C29H26N4O2. The number of aromatic nitrogens is 3. The average molecular weight is 463 g/mol. The van der Waals surface area contributed by atoms with E-state index in [1.54, 1.807) is 18.7 Å². The number of amides is 1. The quantitative estimate of drug-likeness (QED) is 0.299. The molecule has 2 heterocycles. The van der Waals surface area contributed by atoms with Gasteiger partial charge < -0.3 is 10.1 Å². The highest BCUT2D eigenvalue weighted by Gasteiger charge is 2.11. The Morgan fingerprint density at radius 3 is 2.66 bits per heavy atom. The van der Waals surface area contributed by atoms with Crippen molar-refractivity contribution in [1.82, 2.24) is 19.9 Å². The van der Waals surface area contributed by atoms with Crippen molar-refractivity contribution in [2.75, 3.05) is 6.61 Å². The van der Waals surface area contributed by atoms with Crippen LogP contribution in [0.2, 0.25) is 0 Å². The van der Waals surface area contributed by atoms with Gasteiger partial charge in [-0.1, -0.05) is 42.5 Å². The number of aryl methyl sites for hydroxylation is 1. The number of benzene rings is 3. The molecule has 0 bridgehead atoms. The van der Waals surface area contributed by atoms with Crippen LogP contribution >= 0.6 is 0 Å². The molecule has 35 heavy (non-hydrogen) atoms. The minimum atomic E-state index is -0.142. The van der Waals surface area contributed by atoms with E-state index in [1.165, 1.54) is 5.56 Å². The van der Waals surface area contributed by atoms with E-state index >= 15 is 0 Å². The fourth-order valence-electron chi connectivity index (χ4n) is 3.98. The lowest BCUT2D eigenvalue weighted by Crippen LogP contribution is -2.22. The number of imidazole rings is 1. The summed E-state index contributed by atoms with van der Waals surface area (Å²) in [5.74, 6) is 0.681. The number of pyridine rings is 1. The molecule has 0 fully saturated rings. The third kappa shape index (κ3) is 5.55. The molecule has 1 N–H and O–H groups in total. The van der Waals surface area contributed by atoms with Gasteiger partial charge >= 0.3 is 0 Å². The molecule has 2 aromatic heterocycles. The van der Waals surface area contributed by atoms with Crippen molar-refractivity contribution in [3.05, 3.63) is 120 Å². The molecule has 1 amide bonds. The summed E-state index contributed by atoms with van der Waals surface area (Å²) in [4.78, 5) is 21.2. The maximum Gasteiger partial charge on any atom is 0.251 e. The monoisotopic (exact) mass is 462 g/mol. The molecule has 0 aliphatic heterocycles. The van der Waals surface area contributed by atoms with Gasteiger partial charge in [0.2, 0.25) is 0 Å². The summed E-state index contributed by atoms with van der Waals surface area (Å²) >= 11 is 0. The number of rotatable bonds is 9. The van der Waals surface area contributed by atoms with Crippen molar-refractivity contribution >= 4 is 16.9 Å². The molecule has 0 spiro atoms. The number of ether oxygens (including phenoxy) is 1. The summed E-state index contributed by atoms with van der Waals surface area (Å²) < 4.78 is 8.00. The Morgan fingerprint density at radius 2 is 1.80 bits per heavy atom. The Bertz CT molecular complexity index is 1410. The van der Waals surface area contributed by atoms with Crippen LogP contribution in [0.1, 0.15) is 27.9 Å². The molecular weight excluding hydrogens is 436 g/mol. The van der Waals surface area contributed by atoms with Crippen molar-refractivity contribution in [3.8, 4) is 11.4 Å². The first kappa shape index (κ1) is 22.3. The van der Waals surface area contributed by atoms with E-state index in [-0.39, 0.29) is 5.91 Å². The van der Waals surface area contributed by atoms with E-state index < -0.39 is 0 Å². The number of carbonyl (C=O) groups is 1. The van der Waals surface area contributed by atoms with Gasteiger partial charge in [0.1, 0.15) is 12.1 Å². The molecule has 5 aromatic rings. The first-order chi connectivity index (χ1) is 17.3. The van der Waals surface area contributed by atoms with Gasteiger partial charge in [-0.15, -0.1) is 0 Å². The van der Waals surface area contributed by atoms with Gasteiger partial charge in [0.25, 0.3) is 5.91 Å². The summed E-state index contributed by atoms with van der Waals surface area (Å²) in [6.07, 6.45) is 7.17. The van der Waals surface area contributed by atoms with Crippen molar-refractivity contribution in [2.24, 2.45) is 0 Å². The van der Waals surface area contributed by atoms with Gasteiger partial charge in [0.05, 0.1) is 23.3 Å². The van der Waals surface area contributed by atoms with E-state index in [0.29, 0.717) is 18.7 Å². The van der Waals surface area contributed by atoms with Crippen LogP contribution in [-0.2, 0) is 13.0 Å². The lowest BCUT2D eigenvalue weighted by molar-refractivity contribution is 0.0951. The number of nitrogens with zero attached hydrogens (tertiary/aromatic N) is 3. The van der Waals surface area contributed by atoms with Crippen LogP contribution in [0.25, 0.3) is 16.7 Å². The molecule has 6 heteroatoms. The molecule has 0 atom stereocenters. The SMILES string of the molecule is O=C(NCc1cccnc1)c1ccc2c(c1)ncn2-c1cccc(OCCCc2ccccc2)c1. The molecule has 6 nitrogen and oxygen atoms in total. The molecule has 174 valence electrons. The van der Waals surface area contributed by atoms with Gasteiger partial charge in [-0.2, -0.15) is 0 Å². The van der Waals surface area contributed by atoms with E-state index in [1.807, 2.05) is 65.2 Å². The van der Waals surface area contributed by atoms with Crippen LogP contribution < -0.4 is 10.1 Å². The maximum atomic E-state index is 12.6. The van der Waals surface area contributed by atoms with Crippen molar-refractivity contribution in [1.29, 1.82) is 0 Å². The second kappa shape index (κ2) is 10.7. The second-order valence-corrected chi connectivity index (χ2v) is 8.30. The zero-order chi connectivity index (χ0) is 23.9. The number of fused-ring (bicyclic) bond motifs is 1. The number of hydrogen-bond donors (Lipinski definition) is 1. The standard InChI is InChI=1S/C29H26N4O2/c34-29(31-20-23-9-5-15-30-19-23)24-13-14-28-27(17-24)32-21-33(28)25-11-4-12-26(18-25)35-16-6-10-22-7-2-1-3-8-22/h1-5,7-9,11-15,17-19,21H,6,10,16,20H2,(H,31,34). The normalized spacial score (nSPS) is 10.9. The van der Waals surface area contributed by atoms with Gasteiger partial charge in [-0.3, -0.25) is 14.3 Å². The smallest absolute Gasteiger partial charge is 0.251 e. The van der Waals surface area contributed by atoms with E-state index in [4.69, 9.17) is 4.74 Å². The summed E-state index contributed by atoms with van der Waals surface area (Å²) in [6.45, 7) is 1.08. The van der Waals surface area contributed by atoms with Crippen LogP contribution in [0.3, 0.4) is 0 Å². The predicted octanol–water partition coefficient (Wildman–Crippen LogP) is 5.36.